The number of nitrogens with one attached hydrogen (secondary N) is 1. The predicted octanol–water partition coefficient (Wildman–Crippen LogP) is 3.29. The van der Waals surface area contributed by atoms with E-state index in [4.69, 9.17) is 0 Å². The van der Waals surface area contributed by atoms with Crippen molar-refractivity contribution in [3.05, 3.63) is 27.7 Å². The molecule has 0 atom stereocenters. The molecule has 0 bridgehead atoms. The number of hydrogen-bond donors (Lipinski definition) is 1. The Morgan fingerprint density at radius 2 is 1.86 bits per heavy atom. The Morgan fingerprint density at radius 3 is 2.33 bits per heavy atom. The molecule has 0 aromatic heterocycles. The molecule has 0 spiro atoms. The molecule has 0 amide bonds. The lowest BCUT2D eigenvalue weighted by Gasteiger charge is -2.26. The molecule has 1 rings (SSSR count). The van der Waals surface area contributed by atoms with Gasteiger partial charge in [0.2, 0.25) is 10.0 Å². The maximum Gasteiger partial charge on any atom is 0.243 e. The third-order valence-electron chi connectivity index (χ3n) is 3.85. The molecule has 6 heteroatoms. The Morgan fingerprint density at radius 1 is 1.29 bits per heavy atom. The van der Waals surface area contributed by atoms with Crippen LogP contribution >= 0.6 is 15.9 Å². The van der Waals surface area contributed by atoms with Crippen molar-refractivity contribution in [2.75, 3.05) is 14.1 Å². The van der Waals surface area contributed by atoms with Crippen LogP contribution < -0.4 is 5.32 Å². The van der Waals surface area contributed by atoms with E-state index in [1.807, 2.05) is 33.9 Å². The minimum absolute atomic E-state index is 0.0288. The molecule has 0 fully saturated rings. The Bertz CT molecular complexity index is 584. The van der Waals surface area contributed by atoms with Crippen LogP contribution in [0.25, 0.3) is 0 Å². The highest BCUT2D eigenvalue weighted by Crippen LogP contribution is 2.29. The van der Waals surface area contributed by atoms with Crippen LogP contribution in [0.4, 0.5) is 0 Å². The van der Waals surface area contributed by atoms with Crippen molar-refractivity contribution in [1.82, 2.24) is 9.62 Å². The van der Waals surface area contributed by atoms with Gasteiger partial charge in [-0.15, -0.1) is 0 Å². The van der Waals surface area contributed by atoms with Gasteiger partial charge in [0.1, 0.15) is 0 Å². The van der Waals surface area contributed by atoms with Crippen LogP contribution in [0.3, 0.4) is 0 Å². The highest BCUT2D eigenvalue weighted by atomic mass is 79.9. The summed E-state index contributed by atoms with van der Waals surface area (Å²) >= 11 is 3.47. The van der Waals surface area contributed by atoms with E-state index in [9.17, 15) is 8.42 Å². The van der Waals surface area contributed by atoms with Crippen LogP contribution in [-0.4, -0.2) is 32.9 Å². The molecule has 1 N–H and O–H groups in total. The van der Waals surface area contributed by atoms with Gasteiger partial charge in [-0.25, -0.2) is 8.42 Å². The van der Waals surface area contributed by atoms with Gasteiger partial charge >= 0.3 is 0 Å². The maximum atomic E-state index is 12.9. The summed E-state index contributed by atoms with van der Waals surface area (Å²) in [5.74, 6) is 0. The first kappa shape index (κ1) is 18.6. The van der Waals surface area contributed by atoms with Gasteiger partial charge in [-0.1, -0.05) is 29.8 Å². The van der Waals surface area contributed by atoms with E-state index in [-0.39, 0.29) is 6.04 Å². The Labute approximate surface area is 137 Å². The lowest BCUT2D eigenvalue weighted by Crippen LogP contribution is -2.36. The Kier molecular flexibility index (Phi) is 6.84. The average molecular weight is 377 g/mol. The molecule has 120 valence electrons. The zero-order valence-corrected chi connectivity index (χ0v) is 15.8. The topological polar surface area (TPSA) is 49.4 Å². The van der Waals surface area contributed by atoms with Crippen molar-refractivity contribution in [2.24, 2.45) is 0 Å². The van der Waals surface area contributed by atoms with Gasteiger partial charge in [-0.3, -0.25) is 0 Å². The van der Waals surface area contributed by atoms with Gasteiger partial charge in [0, 0.05) is 24.1 Å². The summed E-state index contributed by atoms with van der Waals surface area (Å²) in [4.78, 5) is 0.386. The van der Waals surface area contributed by atoms with E-state index in [0.717, 1.165) is 28.4 Å². The molecule has 0 heterocycles. The van der Waals surface area contributed by atoms with Gasteiger partial charge in [-0.2, -0.15) is 4.31 Å². The molecule has 4 nitrogen and oxygen atoms in total. The Hall–Kier alpha value is -0.430. The van der Waals surface area contributed by atoms with Crippen LogP contribution in [0.2, 0.25) is 0 Å². The predicted molar refractivity (Wildman–Crippen MR) is 91.0 cm³/mol. The zero-order valence-electron chi connectivity index (χ0n) is 13.4. The minimum atomic E-state index is -3.48. The van der Waals surface area contributed by atoms with Gasteiger partial charge in [0.05, 0.1) is 4.90 Å². The van der Waals surface area contributed by atoms with E-state index in [1.165, 1.54) is 4.31 Å². The SMILES string of the molecule is CCC(CC)N(C)S(=O)(=O)c1cc(CNC)cc(Br)c1C. The number of halogens is 1. The molecular formula is C15H25BrN2O2S. The van der Waals surface area contributed by atoms with Crippen molar-refractivity contribution in [1.29, 1.82) is 0 Å². The molecule has 0 radical (unpaired) electrons. The lowest BCUT2D eigenvalue weighted by atomic mass is 10.1. The summed E-state index contributed by atoms with van der Waals surface area (Å²) < 4.78 is 28.1. The summed E-state index contributed by atoms with van der Waals surface area (Å²) in [5.41, 5.74) is 1.71. The van der Waals surface area contributed by atoms with Gasteiger partial charge in [0.15, 0.2) is 0 Å². The molecule has 0 aliphatic rings. The van der Waals surface area contributed by atoms with Crippen molar-refractivity contribution in [3.8, 4) is 0 Å². The van der Waals surface area contributed by atoms with Crippen molar-refractivity contribution in [2.45, 2.75) is 51.1 Å². The van der Waals surface area contributed by atoms with E-state index in [2.05, 4.69) is 21.2 Å². The van der Waals surface area contributed by atoms with E-state index < -0.39 is 10.0 Å². The third kappa shape index (κ3) is 4.06. The fraction of sp³-hybridized carbons (Fsp3) is 0.600. The molecule has 0 saturated carbocycles. The van der Waals surface area contributed by atoms with Crippen molar-refractivity contribution >= 4 is 26.0 Å². The summed E-state index contributed by atoms with van der Waals surface area (Å²) in [7, 11) is 0.0364. The highest BCUT2D eigenvalue weighted by Gasteiger charge is 2.28. The van der Waals surface area contributed by atoms with E-state index in [1.54, 1.807) is 13.1 Å². The van der Waals surface area contributed by atoms with Crippen LogP contribution in [0.1, 0.15) is 37.8 Å². The summed E-state index contributed by atoms with van der Waals surface area (Å²) in [6.45, 7) is 6.50. The van der Waals surface area contributed by atoms with Crippen molar-refractivity contribution < 1.29 is 8.42 Å². The van der Waals surface area contributed by atoms with E-state index >= 15 is 0 Å². The zero-order chi connectivity index (χ0) is 16.2. The second-order valence-corrected chi connectivity index (χ2v) is 8.04. The van der Waals surface area contributed by atoms with Crippen molar-refractivity contribution in [3.63, 3.8) is 0 Å². The van der Waals surface area contributed by atoms with Crippen LogP contribution in [0, 0.1) is 6.92 Å². The fourth-order valence-corrected chi connectivity index (χ4v) is 4.87. The second-order valence-electron chi connectivity index (χ2n) is 5.22. The van der Waals surface area contributed by atoms with Crippen LogP contribution in [0.5, 0.6) is 0 Å². The Balaban J connectivity index is 3.36. The minimum Gasteiger partial charge on any atom is -0.316 e. The first-order valence-corrected chi connectivity index (χ1v) is 9.44. The summed E-state index contributed by atoms with van der Waals surface area (Å²) in [6, 6.07) is 3.76. The summed E-state index contributed by atoms with van der Waals surface area (Å²) in [6.07, 6.45) is 1.62. The average Bonchev–Trinajstić information content (AvgIpc) is 2.43. The molecule has 0 aliphatic carbocycles. The monoisotopic (exact) mass is 376 g/mol. The number of nitrogens with zero attached hydrogens (tertiary/aromatic N) is 1. The largest absolute Gasteiger partial charge is 0.316 e. The molecule has 0 saturated heterocycles. The first-order chi connectivity index (χ1) is 9.79. The number of benzene rings is 1. The number of hydrogen-bond acceptors (Lipinski definition) is 3. The molecule has 1 aromatic rings. The molecule has 21 heavy (non-hydrogen) atoms. The lowest BCUT2D eigenvalue weighted by molar-refractivity contribution is 0.349. The summed E-state index contributed by atoms with van der Waals surface area (Å²) in [5, 5.41) is 3.05. The standard InChI is InChI=1S/C15H25BrN2O2S/c1-6-13(7-2)18(5)21(19,20)15-9-12(10-17-4)8-14(16)11(15)3/h8-9,13,17H,6-7,10H2,1-5H3. The molecule has 0 aliphatic heterocycles. The van der Waals surface area contributed by atoms with Crippen LogP contribution in [-0.2, 0) is 16.6 Å². The molecular weight excluding hydrogens is 352 g/mol. The fourth-order valence-electron chi connectivity index (χ4n) is 2.44. The van der Waals surface area contributed by atoms with Gasteiger partial charge < -0.3 is 5.32 Å². The van der Waals surface area contributed by atoms with Gasteiger partial charge in [-0.05, 0) is 50.1 Å². The van der Waals surface area contributed by atoms with Crippen LogP contribution in [0.15, 0.2) is 21.5 Å². The third-order valence-corrected chi connectivity index (χ3v) is 6.71. The number of rotatable bonds is 7. The number of sulfonamides is 1. The first-order valence-electron chi connectivity index (χ1n) is 7.21. The maximum absolute atomic E-state index is 12.9. The quantitative estimate of drug-likeness (QED) is 0.793. The highest BCUT2D eigenvalue weighted by molar-refractivity contribution is 9.10. The second kappa shape index (κ2) is 7.72. The molecule has 1 aromatic carbocycles. The van der Waals surface area contributed by atoms with Gasteiger partial charge in [0.25, 0.3) is 0 Å². The molecule has 0 unspecified atom stereocenters. The van der Waals surface area contributed by atoms with E-state index in [0.29, 0.717) is 11.4 Å². The normalized spacial score (nSPS) is 12.4. The smallest absolute Gasteiger partial charge is 0.243 e.